The average Bonchev–Trinajstić information content (AvgIpc) is 2.96. The molecule has 0 fully saturated rings. The summed E-state index contributed by atoms with van der Waals surface area (Å²) in [4.78, 5) is 13.4. The number of thiophene rings is 1. The minimum Gasteiger partial charge on any atom is -0.351 e. The highest BCUT2D eigenvalue weighted by Crippen LogP contribution is 2.32. The number of nitrogens with one attached hydrogen (secondary N) is 1. The topological polar surface area (TPSA) is 29.1 Å². The van der Waals surface area contributed by atoms with Crippen LogP contribution in [0.5, 0.6) is 0 Å². The second-order valence-electron chi connectivity index (χ2n) is 5.79. The standard InChI is InChI=1S/C20H20FNOS/c1-2-5-17-16-6-3-4-7-18(16)24-19(17)20(23)22-13-12-14-8-10-15(21)11-9-14/h3-4,6-11H,2,5,12-13H2,1H3,(H,22,23). The van der Waals surface area contributed by atoms with Crippen LogP contribution < -0.4 is 5.32 Å². The van der Waals surface area contributed by atoms with Gasteiger partial charge in [-0.05, 0) is 47.6 Å². The van der Waals surface area contributed by atoms with Crippen molar-refractivity contribution in [1.82, 2.24) is 5.32 Å². The van der Waals surface area contributed by atoms with Gasteiger partial charge in [0.2, 0.25) is 0 Å². The Morgan fingerprint density at radius 3 is 2.58 bits per heavy atom. The molecule has 0 saturated heterocycles. The number of hydrogen-bond acceptors (Lipinski definition) is 2. The molecule has 4 heteroatoms. The van der Waals surface area contributed by atoms with Crippen molar-refractivity contribution in [1.29, 1.82) is 0 Å². The third kappa shape index (κ3) is 3.65. The second-order valence-corrected chi connectivity index (χ2v) is 6.84. The number of rotatable bonds is 6. The Hall–Kier alpha value is -2.20. The summed E-state index contributed by atoms with van der Waals surface area (Å²) >= 11 is 1.56. The van der Waals surface area contributed by atoms with Gasteiger partial charge < -0.3 is 5.32 Å². The van der Waals surface area contributed by atoms with E-state index in [0.717, 1.165) is 33.5 Å². The minimum absolute atomic E-state index is 0.0123. The zero-order valence-corrected chi connectivity index (χ0v) is 14.5. The van der Waals surface area contributed by atoms with E-state index in [9.17, 15) is 9.18 Å². The molecule has 3 aromatic rings. The molecule has 0 atom stereocenters. The molecule has 0 bridgehead atoms. The molecule has 3 rings (SSSR count). The first kappa shape index (κ1) is 16.7. The van der Waals surface area contributed by atoms with E-state index >= 15 is 0 Å². The van der Waals surface area contributed by atoms with Crippen LogP contribution in [0.1, 0.15) is 34.1 Å². The van der Waals surface area contributed by atoms with Crippen LogP contribution in [-0.2, 0) is 12.8 Å². The summed E-state index contributed by atoms with van der Waals surface area (Å²) in [6.07, 6.45) is 2.61. The van der Waals surface area contributed by atoms with Gasteiger partial charge in [-0.15, -0.1) is 11.3 Å². The maximum absolute atomic E-state index is 12.9. The smallest absolute Gasteiger partial charge is 0.261 e. The molecule has 0 spiro atoms. The molecule has 2 aromatic carbocycles. The van der Waals surface area contributed by atoms with Gasteiger partial charge in [-0.3, -0.25) is 4.79 Å². The molecule has 0 aliphatic carbocycles. The molecule has 0 unspecified atom stereocenters. The highest BCUT2D eigenvalue weighted by atomic mass is 32.1. The Bertz CT molecular complexity index is 838. The maximum Gasteiger partial charge on any atom is 0.261 e. The fourth-order valence-electron chi connectivity index (χ4n) is 2.83. The van der Waals surface area contributed by atoms with Gasteiger partial charge >= 0.3 is 0 Å². The number of halogens is 1. The third-order valence-electron chi connectivity index (χ3n) is 4.02. The Labute approximate surface area is 145 Å². The Kier molecular flexibility index (Phi) is 5.26. The van der Waals surface area contributed by atoms with Gasteiger partial charge in [0.25, 0.3) is 5.91 Å². The number of aryl methyl sites for hydroxylation is 1. The number of benzene rings is 2. The van der Waals surface area contributed by atoms with Gasteiger partial charge in [-0.25, -0.2) is 4.39 Å². The molecule has 1 aromatic heterocycles. The Morgan fingerprint density at radius 1 is 1.08 bits per heavy atom. The van der Waals surface area contributed by atoms with E-state index in [2.05, 4.69) is 24.4 Å². The first-order valence-corrected chi connectivity index (χ1v) is 9.03. The molecule has 1 amide bonds. The highest BCUT2D eigenvalue weighted by molar-refractivity contribution is 7.21. The number of amides is 1. The molecule has 2 nitrogen and oxygen atoms in total. The number of fused-ring (bicyclic) bond motifs is 1. The van der Waals surface area contributed by atoms with Crippen molar-refractivity contribution >= 4 is 27.3 Å². The van der Waals surface area contributed by atoms with E-state index in [1.807, 2.05) is 12.1 Å². The number of hydrogen-bond donors (Lipinski definition) is 1. The van der Waals surface area contributed by atoms with Crippen LogP contribution in [0, 0.1) is 5.82 Å². The van der Waals surface area contributed by atoms with Gasteiger partial charge in [0, 0.05) is 11.2 Å². The predicted molar refractivity (Wildman–Crippen MR) is 98.3 cm³/mol. The van der Waals surface area contributed by atoms with Gasteiger partial charge in [-0.1, -0.05) is 43.7 Å². The van der Waals surface area contributed by atoms with Gasteiger partial charge in [0.1, 0.15) is 5.82 Å². The molecule has 24 heavy (non-hydrogen) atoms. The number of carbonyl (C=O) groups excluding carboxylic acids is 1. The lowest BCUT2D eigenvalue weighted by atomic mass is 10.1. The van der Waals surface area contributed by atoms with Crippen LogP contribution in [0.4, 0.5) is 4.39 Å². The Morgan fingerprint density at radius 2 is 1.83 bits per heavy atom. The average molecular weight is 341 g/mol. The van der Waals surface area contributed by atoms with Crippen molar-refractivity contribution in [3.05, 3.63) is 70.4 Å². The molecular weight excluding hydrogens is 321 g/mol. The third-order valence-corrected chi connectivity index (χ3v) is 5.23. The molecular formula is C20H20FNOS. The monoisotopic (exact) mass is 341 g/mol. The zero-order valence-electron chi connectivity index (χ0n) is 13.6. The van der Waals surface area contributed by atoms with Crippen molar-refractivity contribution in [2.45, 2.75) is 26.2 Å². The van der Waals surface area contributed by atoms with Crippen LogP contribution >= 0.6 is 11.3 Å². The molecule has 0 saturated carbocycles. The van der Waals surface area contributed by atoms with Crippen LogP contribution in [0.2, 0.25) is 0 Å². The summed E-state index contributed by atoms with van der Waals surface area (Å²) < 4.78 is 14.1. The SMILES string of the molecule is CCCc1c(C(=O)NCCc2ccc(F)cc2)sc2ccccc12. The predicted octanol–water partition coefficient (Wildman–Crippen LogP) is 4.97. The summed E-state index contributed by atoms with van der Waals surface area (Å²) in [7, 11) is 0. The lowest BCUT2D eigenvalue weighted by Crippen LogP contribution is -2.25. The lowest BCUT2D eigenvalue weighted by Gasteiger charge is -2.06. The first-order chi connectivity index (χ1) is 11.7. The highest BCUT2D eigenvalue weighted by Gasteiger charge is 2.17. The fraction of sp³-hybridized carbons (Fsp3) is 0.250. The van der Waals surface area contributed by atoms with Crippen LogP contribution in [0.25, 0.3) is 10.1 Å². The second kappa shape index (κ2) is 7.58. The molecule has 0 aliphatic rings. The molecule has 1 heterocycles. The van der Waals surface area contributed by atoms with E-state index in [0.29, 0.717) is 13.0 Å². The summed E-state index contributed by atoms with van der Waals surface area (Å²) in [6, 6.07) is 14.6. The van der Waals surface area contributed by atoms with Crippen LogP contribution in [0.3, 0.4) is 0 Å². The maximum atomic E-state index is 12.9. The molecule has 124 valence electrons. The van der Waals surface area contributed by atoms with E-state index in [4.69, 9.17) is 0 Å². The molecule has 0 radical (unpaired) electrons. The molecule has 0 aliphatic heterocycles. The van der Waals surface area contributed by atoms with E-state index in [-0.39, 0.29) is 11.7 Å². The van der Waals surface area contributed by atoms with Gasteiger partial charge in [0.05, 0.1) is 4.88 Å². The first-order valence-electron chi connectivity index (χ1n) is 8.22. The summed E-state index contributed by atoms with van der Waals surface area (Å²) in [5.41, 5.74) is 2.17. The van der Waals surface area contributed by atoms with E-state index in [1.54, 1.807) is 23.5 Å². The summed E-state index contributed by atoms with van der Waals surface area (Å²) in [5, 5.41) is 4.19. The lowest BCUT2D eigenvalue weighted by molar-refractivity contribution is 0.0957. The quantitative estimate of drug-likeness (QED) is 0.674. The van der Waals surface area contributed by atoms with Crippen molar-refractivity contribution in [3.63, 3.8) is 0 Å². The zero-order chi connectivity index (χ0) is 16.9. The van der Waals surface area contributed by atoms with Crippen molar-refractivity contribution in [2.24, 2.45) is 0 Å². The molecule has 1 N–H and O–H groups in total. The summed E-state index contributed by atoms with van der Waals surface area (Å²) in [6.45, 7) is 2.67. The van der Waals surface area contributed by atoms with Crippen molar-refractivity contribution in [3.8, 4) is 0 Å². The van der Waals surface area contributed by atoms with Gasteiger partial charge in [0.15, 0.2) is 0 Å². The van der Waals surface area contributed by atoms with E-state index < -0.39 is 0 Å². The Balaban J connectivity index is 1.71. The van der Waals surface area contributed by atoms with Crippen LogP contribution in [-0.4, -0.2) is 12.5 Å². The van der Waals surface area contributed by atoms with Crippen molar-refractivity contribution in [2.75, 3.05) is 6.54 Å². The largest absolute Gasteiger partial charge is 0.351 e. The van der Waals surface area contributed by atoms with E-state index in [1.165, 1.54) is 17.5 Å². The summed E-state index contributed by atoms with van der Waals surface area (Å²) in [5.74, 6) is -0.251. The fourth-order valence-corrected chi connectivity index (χ4v) is 4.00. The normalized spacial score (nSPS) is 10.9. The minimum atomic E-state index is -0.239. The number of carbonyl (C=O) groups is 1. The van der Waals surface area contributed by atoms with Crippen LogP contribution in [0.15, 0.2) is 48.5 Å². The van der Waals surface area contributed by atoms with Gasteiger partial charge in [-0.2, -0.15) is 0 Å². The van der Waals surface area contributed by atoms with Crippen molar-refractivity contribution < 1.29 is 9.18 Å².